The summed E-state index contributed by atoms with van der Waals surface area (Å²) in [6.45, 7) is 1.61. The summed E-state index contributed by atoms with van der Waals surface area (Å²) in [4.78, 5) is 31.0. The van der Waals surface area contributed by atoms with Gasteiger partial charge in [-0.05, 0) is 60.6 Å². The van der Waals surface area contributed by atoms with Crippen LogP contribution in [0.5, 0.6) is 0 Å². The molecule has 0 aliphatic carbocycles. The van der Waals surface area contributed by atoms with Gasteiger partial charge in [0.05, 0.1) is 16.2 Å². The highest BCUT2D eigenvalue weighted by Crippen LogP contribution is 2.38. The zero-order chi connectivity index (χ0) is 22.4. The SMILES string of the molecule is CC1(Cc2ccnc3c(Cl)cccc23)NC(=O)N(c2ccc(SC(F)(F)F)cc2)C1=O. The summed E-state index contributed by atoms with van der Waals surface area (Å²) >= 11 is 5.95. The van der Waals surface area contributed by atoms with Crippen LogP contribution in [-0.2, 0) is 11.2 Å². The molecule has 0 spiro atoms. The number of para-hydroxylation sites is 1. The number of nitrogens with zero attached hydrogens (tertiary/aromatic N) is 2. The average Bonchev–Trinajstić information content (AvgIpc) is 2.91. The number of hydrogen-bond donors (Lipinski definition) is 1. The summed E-state index contributed by atoms with van der Waals surface area (Å²) < 4.78 is 37.6. The maximum Gasteiger partial charge on any atom is 0.446 e. The molecule has 1 saturated heterocycles. The second-order valence-electron chi connectivity index (χ2n) is 7.23. The Morgan fingerprint density at radius 2 is 1.84 bits per heavy atom. The molecular formula is C21H15ClF3N3O2S. The van der Waals surface area contributed by atoms with Crippen molar-refractivity contribution in [2.45, 2.75) is 29.3 Å². The van der Waals surface area contributed by atoms with Crippen LogP contribution >= 0.6 is 23.4 Å². The minimum Gasteiger partial charge on any atom is -0.323 e. The van der Waals surface area contributed by atoms with E-state index >= 15 is 0 Å². The number of pyridine rings is 1. The third-order valence-electron chi connectivity index (χ3n) is 4.95. The van der Waals surface area contributed by atoms with E-state index in [0.29, 0.717) is 10.5 Å². The van der Waals surface area contributed by atoms with E-state index in [4.69, 9.17) is 11.6 Å². The van der Waals surface area contributed by atoms with Crippen molar-refractivity contribution in [3.8, 4) is 0 Å². The first-order chi connectivity index (χ1) is 14.6. The molecule has 1 aliphatic rings. The number of benzene rings is 2. The van der Waals surface area contributed by atoms with Crippen molar-refractivity contribution in [3.63, 3.8) is 0 Å². The van der Waals surface area contributed by atoms with Gasteiger partial charge in [0.2, 0.25) is 0 Å². The van der Waals surface area contributed by atoms with Gasteiger partial charge in [-0.15, -0.1) is 0 Å². The summed E-state index contributed by atoms with van der Waals surface area (Å²) in [7, 11) is 0. The van der Waals surface area contributed by atoms with Crippen molar-refractivity contribution in [3.05, 3.63) is 65.3 Å². The second kappa shape index (κ2) is 7.72. The molecule has 1 unspecified atom stereocenters. The van der Waals surface area contributed by atoms with E-state index in [2.05, 4.69) is 10.3 Å². The van der Waals surface area contributed by atoms with Gasteiger partial charge in [-0.2, -0.15) is 13.2 Å². The van der Waals surface area contributed by atoms with Gasteiger partial charge in [-0.25, -0.2) is 9.69 Å². The molecular weight excluding hydrogens is 451 g/mol. The van der Waals surface area contributed by atoms with E-state index in [-0.39, 0.29) is 28.8 Å². The maximum absolute atomic E-state index is 13.2. The Kier molecular flexibility index (Phi) is 5.35. The molecule has 2 heterocycles. The number of aromatic nitrogens is 1. The molecule has 1 atom stereocenters. The van der Waals surface area contributed by atoms with Gasteiger partial charge in [-0.1, -0.05) is 23.7 Å². The van der Waals surface area contributed by atoms with Gasteiger partial charge in [-0.3, -0.25) is 9.78 Å². The lowest BCUT2D eigenvalue weighted by Crippen LogP contribution is -2.46. The van der Waals surface area contributed by atoms with Gasteiger partial charge >= 0.3 is 11.5 Å². The molecule has 5 nitrogen and oxygen atoms in total. The molecule has 3 amide bonds. The van der Waals surface area contributed by atoms with Gasteiger partial charge in [0.15, 0.2) is 0 Å². The Morgan fingerprint density at radius 1 is 1.13 bits per heavy atom. The smallest absolute Gasteiger partial charge is 0.323 e. The number of halogens is 4. The first-order valence-electron chi connectivity index (χ1n) is 9.12. The Labute approximate surface area is 184 Å². The summed E-state index contributed by atoms with van der Waals surface area (Å²) in [5.74, 6) is -0.499. The summed E-state index contributed by atoms with van der Waals surface area (Å²) in [5, 5.41) is 3.95. The summed E-state index contributed by atoms with van der Waals surface area (Å²) in [6, 6.07) is 11.5. The minimum absolute atomic E-state index is 0.0359. The number of alkyl halides is 3. The quantitative estimate of drug-likeness (QED) is 0.405. The van der Waals surface area contributed by atoms with Crippen LogP contribution in [0.15, 0.2) is 59.6 Å². The van der Waals surface area contributed by atoms with E-state index in [0.717, 1.165) is 15.8 Å². The van der Waals surface area contributed by atoms with Crippen molar-refractivity contribution in [2.24, 2.45) is 0 Å². The number of nitrogens with one attached hydrogen (secondary N) is 1. The molecule has 0 radical (unpaired) electrons. The lowest BCUT2D eigenvalue weighted by Gasteiger charge is -2.22. The molecule has 160 valence electrons. The molecule has 2 aromatic carbocycles. The fourth-order valence-corrected chi connectivity index (χ4v) is 4.33. The first kappa shape index (κ1) is 21.5. The number of urea groups is 1. The number of anilines is 1. The van der Waals surface area contributed by atoms with Crippen LogP contribution < -0.4 is 10.2 Å². The topological polar surface area (TPSA) is 62.3 Å². The molecule has 1 fully saturated rings. The van der Waals surface area contributed by atoms with Gasteiger partial charge < -0.3 is 5.32 Å². The molecule has 4 rings (SSSR count). The predicted molar refractivity (Wildman–Crippen MR) is 113 cm³/mol. The van der Waals surface area contributed by atoms with E-state index < -0.39 is 23.0 Å². The molecule has 31 heavy (non-hydrogen) atoms. The largest absolute Gasteiger partial charge is 0.446 e. The molecule has 3 aromatic rings. The van der Waals surface area contributed by atoms with Crippen molar-refractivity contribution < 1.29 is 22.8 Å². The van der Waals surface area contributed by atoms with E-state index in [1.807, 2.05) is 6.07 Å². The minimum atomic E-state index is -4.42. The fraction of sp³-hybridized carbons (Fsp3) is 0.190. The third kappa shape index (κ3) is 4.20. The van der Waals surface area contributed by atoms with Gasteiger partial charge in [0.1, 0.15) is 5.54 Å². The lowest BCUT2D eigenvalue weighted by molar-refractivity contribution is -0.121. The zero-order valence-electron chi connectivity index (χ0n) is 16.0. The van der Waals surface area contributed by atoms with E-state index in [1.165, 1.54) is 24.3 Å². The molecule has 1 N–H and O–H groups in total. The summed E-state index contributed by atoms with van der Waals surface area (Å²) in [5.41, 5.74) is -4.09. The number of hydrogen-bond acceptors (Lipinski definition) is 4. The highest BCUT2D eigenvalue weighted by molar-refractivity contribution is 8.00. The number of thioether (sulfide) groups is 1. The van der Waals surface area contributed by atoms with Crippen molar-refractivity contribution in [1.29, 1.82) is 0 Å². The lowest BCUT2D eigenvalue weighted by atomic mass is 9.91. The van der Waals surface area contributed by atoms with Crippen molar-refractivity contribution in [2.75, 3.05) is 4.90 Å². The Balaban J connectivity index is 1.61. The molecule has 1 aromatic heterocycles. The van der Waals surface area contributed by atoms with Crippen LogP contribution in [0.3, 0.4) is 0 Å². The number of carbonyl (C=O) groups excluding carboxylic acids is 2. The fourth-order valence-electron chi connectivity index (χ4n) is 3.57. The second-order valence-corrected chi connectivity index (χ2v) is 8.77. The molecule has 0 saturated carbocycles. The van der Waals surface area contributed by atoms with Crippen LogP contribution in [0.2, 0.25) is 5.02 Å². The van der Waals surface area contributed by atoms with E-state index in [1.54, 1.807) is 31.3 Å². The summed E-state index contributed by atoms with van der Waals surface area (Å²) in [6.07, 6.45) is 1.78. The van der Waals surface area contributed by atoms with Crippen LogP contribution in [0.25, 0.3) is 10.9 Å². The zero-order valence-corrected chi connectivity index (χ0v) is 17.6. The average molecular weight is 466 g/mol. The van der Waals surface area contributed by atoms with Gasteiger partial charge in [0, 0.05) is 22.9 Å². The Bertz CT molecular complexity index is 1190. The standard InChI is InChI=1S/C21H15ClF3N3O2S/c1-20(11-12-9-10-26-17-15(12)3-2-4-16(17)22)18(29)28(19(30)27-20)13-5-7-14(8-6-13)31-21(23,24)25/h2-10H,11H2,1H3,(H,27,30). The van der Waals surface area contributed by atoms with Crippen LogP contribution in [-0.4, -0.2) is 28.0 Å². The van der Waals surface area contributed by atoms with Gasteiger partial charge in [0.25, 0.3) is 5.91 Å². The van der Waals surface area contributed by atoms with E-state index in [9.17, 15) is 22.8 Å². The first-order valence-corrected chi connectivity index (χ1v) is 10.3. The van der Waals surface area contributed by atoms with Crippen LogP contribution in [0.1, 0.15) is 12.5 Å². The monoisotopic (exact) mass is 465 g/mol. The number of carbonyl (C=O) groups is 2. The highest BCUT2D eigenvalue weighted by atomic mass is 35.5. The van der Waals surface area contributed by atoms with Crippen molar-refractivity contribution >= 4 is 51.9 Å². The number of amides is 3. The number of imide groups is 1. The number of rotatable bonds is 4. The van der Waals surface area contributed by atoms with Crippen molar-refractivity contribution in [1.82, 2.24) is 10.3 Å². The molecule has 0 bridgehead atoms. The molecule has 1 aliphatic heterocycles. The Hall–Kier alpha value is -2.78. The molecule has 10 heteroatoms. The Morgan fingerprint density at radius 3 is 2.52 bits per heavy atom. The predicted octanol–water partition coefficient (Wildman–Crippen LogP) is 5.56. The highest BCUT2D eigenvalue weighted by Gasteiger charge is 2.48. The van der Waals surface area contributed by atoms with Crippen LogP contribution in [0.4, 0.5) is 23.7 Å². The van der Waals surface area contributed by atoms with Crippen LogP contribution in [0, 0.1) is 0 Å². The maximum atomic E-state index is 13.2. The number of fused-ring (bicyclic) bond motifs is 1. The normalized spacial score (nSPS) is 19.2. The third-order valence-corrected chi connectivity index (χ3v) is 5.99.